The summed E-state index contributed by atoms with van der Waals surface area (Å²) in [7, 11) is 1.65. The molecule has 1 aliphatic rings. The van der Waals surface area contributed by atoms with E-state index in [0.29, 0.717) is 0 Å². The first-order valence-electron chi connectivity index (χ1n) is 9.34. The predicted octanol–water partition coefficient (Wildman–Crippen LogP) is 4.34. The third-order valence-corrected chi connectivity index (χ3v) is 6.08. The molecule has 1 amide bonds. The molecule has 2 aromatic carbocycles. The van der Waals surface area contributed by atoms with Crippen molar-refractivity contribution < 1.29 is 9.53 Å². The summed E-state index contributed by atoms with van der Waals surface area (Å²) in [4.78, 5) is 19.7. The maximum Gasteiger partial charge on any atom is 0.240 e. The predicted molar refractivity (Wildman–Crippen MR) is 113 cm³/mol. The second-order valence-corrected chi connectivity index (χ2v) is 8.24. The summed E-state index contributed by atoms with van der Waals surface area (Å²) in [6.45, 7) is 4.05. The highest BCUT2D eigenvalue weighted by Gasteiger charge is 2.33. The molecule has 144 valence electrons. The highest BCUT2D eigenvalue weighted by molar-refractivity contribution is 8.00. The van der Waals surface area contributed by atoms with E-state index in [1.165, 1.54) is 17.3 Å². The van der Waals surface area contributed by atoms with Crippen LogP contribution >= 0.6 is 11.8 Å². The van der Waals surface area contributed by atoms with Crippen LogP contribution in [-0.2, 0) is 11.2 Å². The molecule has 0 radical (unpaired) electrons. The summed E-state index contributed by atoms with van der Waals surface area (Å²) in [6, 6.07) is 16.1. The van der Waals surface area contributed by atoms with Gasteiger partial charge in [-0.15, -0.1) is 0 Å². The van der Waals surface area contributed by atoms with Gasteiger partial charge in [-0.2, -0.15) is 0 Å². The SMILES string of the molecule is COc1cccc(-n2ccnc2S[C@H](C)C(=O)N2c3ccccc3C[C@H]2C)c1. The number of thioether (sulfide) groups is 1. The van der Waals surface area contributed by atoms with Crippen LogP contribution in [0.1, 0.15) is 19.4 Å². The second-order valence-electron chi connectivity index (χ2n) is 6.93. The van der Waals surface area contributed by atoms with Crippen molar-refractivity contribution in [3.8, 4) is 11.4 Å². The van der Waals surface area contributed by atoms with Gasteiger partial charge in [-0.25, -0.2) is 4.98 Å². The number of carbonyl (C=O) groups excluding carboxylic acids is 1. The Kier molecular flexibility index (Phi) is 5.13. The molecule has 0 fully saturated rings. The lowest BCUT2D eigenvalue weighted by atomic mass is 10.1. The number of carbonyl (C=O) groups is 1. The maximum atomic E-state index is 13.2. The summed E-state index contributed by atoms with van der Waals surface area (Å²) in [5.74, 6) is 0.899. The minimum Gasteiger partial charge on any atom is -0.497 e. The van der Waals surface area contributed by atoms with Gasteiger partial charge in [0, 0.05) is 30.2 Å². The molecule has 5 nitrogen and oxygen atoms in total. The molecule has 4 rings (SSSR count). The first kappa shape index (κ1) is 18.6. The van der Waals surface area contributed by atoms with Crippen molar-refractivity contribution in [2.24, 2.45) is 0 Å². The van der Waals surface area contributed by atoms with Gasteiger partial charge in [-0.1, -0.05) is 36.0 Å². The van der Waals surface area contributed by atoms with E-state index in [1.807, 2.05) is 65.1 Å². The number of methoxy groups -OCH3 is 1. The number of hydrogen-bond donors (Lipinski definition) is 0. The van der Waals surface area contributed by atoms with Gasteiger partial charge in [-0.3, -0.25) is 9.36 Å². The molecule has 0 N–H and O–H groups in total. The molecule has 3 aromatic rings. The number of aromatic nitrogens is 2. The van der Waals surface area contributed by atoms with E-state index in [-0.39, 0.29) is 17.2 Å². The number of hydrogen-bond acceptors (Lipinski definition) is 4. The van der Waals surface area contributed by atoms with Crippen LogP contribution in [-0.4, -0.2) is 33.9 Å². The topological polar surface area (TPSA) is 47.4 Å². The van der Waals surface area contributed by atoms with Crippen molar-refractivity contribution in [2.75, 3.05) is 12.0 Å². The van der Waals surface area contributed by atoms with Gasteiger partial charge in [-0.05, 0) is 44.0 Å². The molecule has 2 heterocycles. The quantitative estimate of drug-likeness (QED) is 0.605. The number of benzene rings is 2. The summed E-state index contributed by atoms with van der Waals surface area (Å²) in [5, 5.41) is 0.537. The number of amides is 1. The minimum atomic E-state index is -0.250. The van der Waals surface area contributed by atoms with Crippen molar-refractivity contribution in [3.05, 3.63) is 66.5 Å². The molecule has 0 bridgehead atoms. The van der Waals surface area contributed by atoms with Gasteiger partial charge < -0.3 is 9.64 Å². The van der Waals surface area contributed by atoms with Crippen LogP contribution in [0.2, 0.25) is 0 Å². The Bertz CT molecular complexity index is 1000. The fourth-order valence-electron chi connectivity index (χ4n) is 3.64. The average Bonchev–Trinajstić information content (AvgIpc) is 3.30. The third kappa shape index (κ3) is 3.40. The second kappa shape index (κ2) is 7.72. The molecule has 0 saturated heterocycles. The van der Waals surface area contributed by atoms with E-state index in [9.17, 15) is 4.79 Å². The molecule has 0 saturated carbocycles. The van der Waals surface area contributed by atoms with Crippen molar-refractivity contribution in [1.82, 2.24) is 9.55 Å². The lowest BCUT2D eigenvalue weighted by molar-refractivity contribution is -0.118. The Morgan fingerprint density at radius 2 is 2.07 bits per heavy atom. The van der Waals surface area contributed by atoms with Gasteiger partial charge in [0.1, 0.15) is 5.75 Å². The molecule has 1 aromatic heterocycles. The van der Waals surface area contributed by atoms with Gasteiger partial charge in [0.25, 0.3) is 0 Å². The van der Waals surface area contributed by atoms with E-state index < -0.39 is 0 Å². The van der Waals surface area contributed by atoms with Gasteiger partial charge in [0.2, 0.25) is 5.91 Å². The summed E-state index contributed by atoms with van der Waals surface area (Å²) in [5.41, 5.74) is 3.22. The van der Waals surface area contributed by atoms with Crippen LogP contribution in [0.25, 0.3) is 5.69 Å². The van der Waals surface area contributed by atoms with Crippen LogP contribution in [0, 0.1) is 0 Å². The molecular formula is C22H23N3O2S. The highest BCUT2D eigenvalue weighted by Crippen LogP contribution is 2.35. The molecule has 1 aliphatic heterocycles. The molecule has 0 aliphatic carbocycles. The van der Waals surface area contributed by atoms with E-state index in [0.717, 1.165) is 28.7 Å². The number of fused-ring (bicyclic) bond motifs is 1. The van der Waals surface area contributed by atoms with Gasteiger partial charge in [0.05, 0.1) is 18.0 Å². The zero-order valence-corrected chi connectivity index (χ0v) is 17.0. The van der Waals surface area contributed by atoms with Crippen molar-refractivity contribution in [2.45, 2.75) is 36.7 Å². The van der Waals surface area contributed by atoms with E-state index >= 15 is 0 Å². The lowest BCUT2D eigenvalue weighted by Gasteiger charge is -2.25. The highest BCUT2D eigenvalue weighted by atomic mass is 32.2. The minimum absolute atomic E-state index is 0.114. The maximum absolute atomic E-state index is 13.2. The Hall–Kier alpha value is -2.73. The number of ether oxygens (including phenoxy) is 1. The normalized spacial score (nSPS) is 16.7. The van der Waals surface area contributed by atoms with Crippen molar-refractivity contribution >= 4 is 23.4 Å². The molecule has 2 atom stereocenters. The standard InChI is InChI=1S/C22H23N3O2S/c1-15-13-17-7-4-5-10-20(17)25(15)21(26)16(2)28-22-23-11-12-24(22)18-8-6-9-19(14-18)27-3/h4-12,14-16H,13H2,1-3H3/t15-,16-/m1/s1. The van der Waals surface area contributed by atoms with Crippen LogP contribution in [0.5, 0.6) is 5.75 Å². The largest absolute Gasteiger partial charge is 0.497 e. The average molecular weight is 394 g/mol. The first-order valence-corrected chi connectivity index (χ1v) is 10.2. The smallest absolute Gasteiger partial charge is 0.240 e. The number of rotatable bonds is 5. The number of imidazole rings is 1. The van der Waals surface area contributed by atoms with Crippen LogP contribution in [0.4, 0.5) is 5.69 Å². The van der Waals surface area contributed by atoms with Gasteiger partial charge >= 0.3 is 0 Å². The zero-order valence-electron chi connectivity index (χ0n) is 16.2. The third-order valence-electron chi connectivity index (χ3n) is 5.01. The number of nitrogens with zero attached hydrogens (tertiary/aromatic N) is 3. The Morgan fingerprint density at radius 3 is 2.89 bits per heavy atom. The Morgan fingerprint density at radius 1 is 1.25 bits per heavy atom. The number of para-hydroxylation sites is 1. The molecular weight excluding hydrogens is 370 g/mol. The lowest BCUT2D eigenvalue weighted by Crippen LogP contribution is -2.40. The van der Waals surface area contributed by atoms with E-state index in [4.69, 9.17) is 4.74 Å². The van der Waals surface area contributed by atoms with Crippen molar-refractivity contribution in [1.29, 1.82) is 0 Å². The van der Waals surface area contributed by atoms with Crippen LogP contribution in [0.3, 0.4) is 0 Å². The number of anilines is 1. The van der Waals surface area contributed by atoms with E-state index in [2.05, 4.69) is 18.0 Å². The van der Waals surface area contributed by atoms with Crippen LogP contribution < -0.4 is 9.64 Å². The summed E-state index contributed by atoms with van der Waals surface area (Å²) < 4.78 is 7.31. The molecule has 0 spiro atoms. The Balaban J connectivity index is 1.56. The monoisotopic (exact) mass is 393 g/mol. The zero-order chi connectivity index (χ0) is 19.7. The molecule has 0 unspecified atom stereocenters. The first-order chi connectivity index (χ1) is 13.6. The van der Waals surface area contributed by atoms with Crippen LogP contribution in [0.15, 0.2) is 66.1 Å². The summed E-state index contributed by atoms with van der Waals surface area (Å²) in [6.07, 6.45) is 4.56. The summed E-state index contributed by atoms with van der Waals surface area (Å²) >= 11 is 1.48. The fraction of sp³-hybridized carbons (Fsp3) is 0.273. The molecule has 28 heavy (non-hydrogen) atoms. The van der Waals surface area contributed by atoms with Crippen molar-refractivity contribution in [3.63, 3.8) is 0 Å². The van der Waals surface area contributed by atoms with Gasteiger partial charge in [0.15, 0.2) is 5.16 Å². The fourth-order valence-corrected chi connectivity index (χ4v) is 4.57. The molecule has 6 heteroatoms. The Labute approximate surface area is 169 Å². The van der Waals surface area contributed by atoms with E-state index in [1.54, 1.807) is 13.3 Å².